The van der Waals surface area contributed by atoms with Crippen LogP contribution >= 0.6 is 12.6 Å². The van der Waals surface area contributed by atoms with Crippen molar-refractivity contribution in [2.24, 2.45) is 0 Å². The first kappa shape index (κ1) is 10.6. The number of methoxy groups -OCH3 is 1. The van der Waals surface area contributed by atoms with E-state index >= 15 is 0 Å². The van der Waals surface area contributed by atoms with E-state index < -0.39 is 0 Å². The highest BCUT2D eigenvalue weighted by Gasteiger charge is 2.04. The van der Waals surface area contributed by atoms with Gasteiger partial charge in [-0.15, -0.1) is 0 Å². The highest BCUT2D eigenvalue weighted by molar-refractivity contribution is 7.80. The largest absolute Gasteiger partial charge is 0.493 e. The monoisotopic (exact) mass is 233 g/mol. The number of hydrogen-bond acceptors (Lipinski definition) is 5. The topological polar surface area (TPSA) is 59.9 Å². The van der Waals surface area contributed by atoms with Gasteiger partial charge < -0.3 is 10.1 Å². The van der Waals surface area contributed by atoms with Crippen LogP contribution in [-0.2, 0) is 0 Å². The van der Waals surface area contributed by atoms with Gasteiger partial charge in [0.15, 0.2) is 11.6 Å². The Balaban J connectivity index is 2.26. The second kappa shape index (κ2) is 4.71. The Morgan fingerprint density at radius 2 is 2.12 bits per heavy atom. The van der Waals surface area contributed by atoms with Gasteiger partial charge in [0.2, 0.25) is 5.16 Å². The molecule has 0 bridgehead atoms. The van der Waals surface area contributed by atoms with E-state index in [0.29, 0.717) is 22.5 Å². The first-order chi connectivity index (χ1) is 7.79. The number of anilines is 2. The van der Waals surface area contributed by atoms with Gasteiger partial charge >= 0.3 is 0 Å². The molecule has 0 aliphatic rings. The smallest absolute Gasteiger partial charge is 0.221 e. The summed E-state index contributed by atoms with van der Waals surface area (Å²) in [6.45, 7) is 0. The molecule has 0 saturated carbocycles. The summed E-state index contributed by atoms with van der Waals surface area (Å²) in [5.41, 5.74) is 0. The van der Waals surface area contributed by atoms with Crippen LogP contribution in [0.3, 0.4) is 0 Å². The molecule has 0 atom stereocenters. The van der Waals surface area contributed by atoms with E-state index in [1.54, 1.807) is 31.6 Å². The normalized spacial score (nSPS) is 9.81. The predicted octanol–water partition coefficient (Wildman–Crippen LogP) is 2.18. The van der Waals surface area contributed by atoms with Crippen LogP contribution in [0.5, 0.6) is 5.75 Å². The predicted molar refractivity (Wildman–Crippen MR) is 62.0 cm³/mol. The molecule has 0 fully saturated rings. The second-order valence-corrected chi connectivity index (χ2v) is 3.27. The minimum absolute atomic E-state index is 0.292. The van der Waals surface area contributed by atoms with Crippen molar-refractivity contribution in [1.82, 2.24) is 15.0 Å². The summed E-state index contributed by atoms with van der Waals surface area (Å²) < 4.78 is 5.15. The molecule has 16 heavy (non-hydrogen) atoms. The molecule has 0 aliphatic heterocycles. The molecule has 1 radical (unpaired) electrons. The Morgan fingerprint density at radius 1 is 1.25 bits per heavy atom. The number of pyridine rings is 1. The Labute approximate surface area is 98.3 Å². The summed E-state index contributed by atoms with van der Waals surface area (Å²) in [5, 5.41) is 3.30. The molecule has 6 heteroatoms. The van der Waals surface area contributed by atoms with Gasteiger partial charge in [-0.2, -0.15) is 0 Å². The van der Waals surface area contributed by atoms with Crippen LogP contribution in [0.4, 0.5) is 11.6 Å². The molecule has 2 rings (SSSR count). The van der Waals surface area contributed by atoms with E-state index in [1.165, 1.54) is 0 Å². The summed E-state index contributed by atoms with van der Waals surface area (Å²) >= 11 is 4.86. The van der Waals surface area contributed by atoms with Gasteiger partial charge in [0.05, 0.1) is 7.11 Å². The van der Waals surface area contributed by atoms with Crippen LogP contribution in [-0.4, -0.2) is 22.1 Å². The van der Waals surface area contributed by atoms with Crippen molar-refractivity contribution in [1.29, 1.82) is 0 Å². The fourth-order valence-electron chi connectivity index (χ4n) is 1.18. The van der Waals surface area contributed by atoms with Crippen LogP contribution in [0.1, 0.15) is 0 Å². The number of nitrogens with zero attached hydrogens (tertiary/aromatic N) is 3. The number of nitrogens with one attached hydrogen (secondary N) is 1. The van der Waals surface area contributed by atoms with Gasteiger partial charge in [-0.3, -0.25) is 0 Å². The average Bonchev–Trinajstić information content (AvgIpc) is 2.30. The zero-order valence-corrected chi connectivity index (χ0v) is 9.36. The zero-order chi connectivity index (χ0) is 11.4. The van der Waals surface area contributed by atoms with E-state index in [4.69, 9.17) is 17.4 Å². The van der Waals surface area contributed by atoms with Crippen LogP contribution < -0.4 is 10.1 Å². The molecule has 0 amide bonds. The van der Waals surface area contributed by atoms with Crippen LogP contribution in [0, 0.1) is 0 Å². The quantitative estimate of drug-likeness (QED) is 0.823. The van der Waals surface area contributed by atoms with Crippen molar-refractivity contribution in [3.8, 4) is 5.75 Å². The fraction of sp³-hybridized carbons (Fsp3) is 0.100. The molecular weight excluding hydrogens is 224 g/mol. The summed E-state index contributed by atoms with van der Waals surface area (Å²) in [6.07, 6.45) is 3.26. The zero-order valence-electron chi connectivity index (χ0n) is 8.54. The van der Waals surface area contributed by atoms with Gasteiger partial charge in [0.1, 0.15) is 5.82 Å². The minimum atomic E-state index is 0.292. The van der Waals surface area contributed by atoms with E-state index in [-0.39, 0.29) is 0 Å². The first-order valence-corrected chi connectivity index (χ1v) is 4.96. The Bertz CT molecular complexity index is 492. The van der Waals surface area contributed by atoms with Crippen molar-refractivity contribution in [3.63, 3.8) is 0 Å². The number of hydrogen-bond donors (Lipinski definition) is 1. The maximum Gasteiger partial charge on any atom is 0.221 e. The summed E-state index contributed by atoms with van der Waals surface area (Å²) in [4.78, 5) is 12.0. The molecule has 2 heterocycles. The first-order valence-electron chi connectivity index (χ1n) is 4.55. The highest BCUT2D eigenvalue weighted by Crippen LogP contribution is 2.23. The molecule has 0 aliphatic carbocycles. The maximum absolute atomic E-state index is 5.15. The second-order valence-electron chi connectivity index (χ2n) is 2.90. The minimum Gasteiger partial charge on any atom is -0.493 e. The van der Waals surface area contributed by atoms with Gasteiger partial charge in [-0.25, -0.2) is 15.0 Å². The van der Waals surface area contributed by atoms with Crippen LogP contribution in [0.2, 0.25) is 0 Å². The highest BCUT2D eigenvalue weighted by atomic mass is 32.1. The number of rotatable bonds is 3. The van der Waals surface area contributed by atoms with Crippen LogP contribution in [0.25, 0.3) is 0 Å². The average molecular weight is 233 g/mol. The lowest BCUT2D eigenvalue weighted by molar-refractivity contribution is 0.415. The maximum atomic E-state index is 5.15. The number of aromatic nitrogens is 3. The molecule has 81 valence electrons. The Morgan fingerprint density at radius 3 is 2.88 bits per heavy atom. The van der Waals surface area contributed by atoms with E-state index in [1.807, 2.05) is 6.07 Å². The van der Waals surface area contributed by atoms with Crippen molar-refractivity contribution < 1.29 is 4.74 Å². The molecule has 2 aromatic rings. The molecular formula is C10H9N4OS. The van der Waals surface area contributed by atoms with Crippen LogP contribution in [0.15, 0.2) is 35.7 Å². The lowest BCUT2D eigenvalue weighted by atomic mass is 10.4. The third kappa shape index (κ3) is 2.34. The van der Waals surface area contributed by atoms with Gasteiger partial charge in [0, 0.05) is 12.4 Å². The van der Waals surface area contributed by atoms with Gasteiger partial charge in [0.25, 0.3) is 0 Å². The standard InChI is InChI=1S/C10H9N4OS/c1-15-7-3-2-5-11-9(7)13-8-4-6-12-10(16)14-8/h2-6H,1H3,(H,11,12,13,14). The van der Waals surface area contributed by atoms with Crippen molar-refractivity contribution >= 4 is 24.3 Å². The van der Waals surface area contributed by atoms with Crippen molar-refractivity contribution in [2.75, 3.05) is 12.4 Å². The van der Waals surface area contributed by atoms with Crippen molar-refractivity contribution in [2.45, 2.75) is 5.16 Å². The summed E-state index contributed by atoms with van der Waals surface area (Å²) in [5.74, 6) is 1.84. The lowest BCUT2D eigenvalue weighted by Gasteiger charge is -2.08. The van der Waals surface area contributed by atoms with E-state index in [0.717, 1.165) is 0 Å². The van der Waals surface area contributed by atoms with Gasteiger partial charge in [-0.1, -0.05) is 0 Å². The van der Waals surface area contributed by atoms with Crippen molar-refractivity contribution in [3.05, 3.63) is 30.6 Å². The summed E-state index contributed by atoms with van der Waals surface area (Å²) in [6, 6.07) is 5.32. The lowest BCUT2D eigenvalue weighted by Crippen LogP contribution is -1.99. The third-order valence-corrected chi connectivity index (χ3v) is 2.07. The van der Waals surface area contributed by atoms with E-state index in [2.05, 4.69) is 20.3 Å². The van der Waals surface area contributed by atoms with Gasteiger partial charge in [-0.05, 0) is 30.8 Å². The molecule has 2 aromatic heterocycles. The fourth-order valence-corrected chi connectivity index (χ4v) is 1.34. The SMILES string of the molecule is COc1cccnc1Nc1ccnc([S])n1. The molecule has 0 aromatic carbocycles. The Hall–Kier alpha value is -1.95. The molecule has 1 N–H and O–H groups in total. The third-order valence-electron chi connectivity index (χ3n) is 1.87. The molecule has 0 saturated heterocycles. The Kier molecular flexibility index (Phi) is 3.11. The number of ether oxygens (including phenoxy) is 1. The summed E-state index contributed by atoms with van der Waals surface area (Å²) in [7, 11) is 1.58. The molecule has 0 unspecified atom stereocenters. The molecule has 5 nitrogen and oxygen atoms in total. The van der Waals surface area contributed by atoms with E-state index in [9.17, 15) is 0 Å². The molecule has 0 spiro atoms.